The Hall–Kier alpha value is -1.11. The molecule has 1 aromatic carbocycles. The number of nitrogen functional groups attached to an aromatic ring is 1. The molecule has 18 heavy (non-hydrogen) atoms. The van der Waals surface area contributed by atoms with Crippen molar-refractivity contribution in [3.05, 3.63) is 23.8 Å². The maximum absolute atomic E-state index is 12.0. The number of anilines is 1. The largest absolute Gasteiger partial charge is 0.398 e. The molecular formula is C12H20N2O3S. The SMILES string of the molecule is CCc1ccc(S(=O)(=O)NC(C)CCO)cc1N. The van der Waals surface area contributed by atoms with Gasteiger partial charge in [0.25, 0.3) is 0 Å². The Balaban J connectivity index is 2.95. The van der Waals surface area contributed by atoms with Crippen LogP contribution in [0.5, 0.6) is 0 Å². The molecule has 0 saturated heterocycles. The fourth-order valence-corrected chi connectivity index (χ4v) is 2.96. The summed E-state index contributed by atoms with van der Waals surface area (Å²) in [6.45, 7) is 3.61. The van der Waals surface area contributed by atoms with E-state index in [0.29, 0.717) is 12.1 Å². The fraction of sp³-hybridized carbons (Fsp3) is 0.500. The minimum absolute atomic E-state index is 0.0550. The molecule has 0 bridgehead atoms. The van der Waals surface area contributed by atoms with Crippen LogP contribution in [0.3, 0.4) is 0 Å². The van der Waals surface area contributed by atoms with E-state index in [4.69, 9.17) is 10.8 Å². The van der Waals surface area contributed by atoms with Crippen molar-refractivity contribution in [1.82, 2.24) is 4.72 Å². The van der Waals surface area contributed by atoms with Crippen molar-refractivity contribution in [2.45, 2.75) is 37.6 Å². The van der Waals surface area contributed by atoms with Crippen molar-refractivity contribution in [2.24, 2.45) is 0 Å². The molecule has 5 nitrogen and oxygen atoms in total. The van der Waals surface area contributed by atoms with Crippen molar-refractivity contribution in [3.63, 3.8) is 0 Å². The zero-order valence-electron chi connectivity index (χ0n) is 10.7. The summed E-state index contributed by atoms with van der Waals surface area (Å²) in [7, 11) is -3.57. The number of sulfonamides is 1. The van der Waals surface area contributed by atoms with E-state index in [-0.39, 0.29) is 17.5 Å². The van der Waals surface area contributed by atoms with E-state index in [1.54, 1.807) is 19.1 Å². The summed E-state index contributed by atoms with van der Waals surface area (Å²) in [5, 5.41) is 8.76. The number of rotatable bonds is 6. The zero-order chi connectivity index (χ0) is 13.8. The second-order valence-electron chi connectivity index (χ2n) is 4.25. The summed E-state index contributed by atoms with van der Waals surface area (Å²) in [4.78, 5) is 0.155. The molecule has 0 radical (unpaired) electrons. The average molecular weight is 272 g/mol. The molecule has 1 rings (SSSR count). The van der Waals surface area contributed by atoms with Gasteiger partial charge in [-0.25, -0.2) is 13.1 Å². The Morgan fingerprint density at radius 1 is 1.44 bits per heavy atom. The van der Waals surface area contributed by atoms with Crippen LogP contribution >= 0.6 is 0 Å². The summed E-state index contributed by atoms with van der Waals surface area (Å²) >= 11 is 0. The van der Waals surface area contributed by atoms with Crippen molar-refractivity contribution in [1.29, 1.82) is 0 Å². The van der Waals surface area contributed by atoms with Gasteiger partial charge in [0, 0.05) is 18.3 Å². The smallest absolute Gasteiger partial charge is 0.240 e. The van der Waals surface area contributed by atoms with Crippen LogP contribution < -0.4 is 10.5 Å². The van der Waals surface area contributed by atoms with Gasteiger partial charge in [-0.2, -0.15) is 0 Å². The molecule has 1 atom stereocenters. The first-order chi connectivity index (χ1) is 8.40. The predicted molar refractivity (Wildman–Crippen MR) is 71.7 cm³/mol. The molecule has 0 aliphatic heterocycles. The van der Waals surface area contributed by atoms with Gasteiger partial charge in [0.05, 0.1) is 4.90 Å². The first kappa shape index (κ1) is 14.9. The van der Waals surface area contributed by atoms with Crippen LogP contribution in [-0.2, 0) is 16.4 Å². The average Bonchev–Trinajstić information content (AvgIpc) is 2.28. The lowest BCUT2D eigenvalue weighted by molar-refractivity contribution is 0.275. The number of nitrogens with one attached hydrogen (secondary N) is 1. The normalized spacial score (nSPS) is 13.5. The molecule has 0 aliphatic rings. The van der Waals surface area contributed by atoms with Gasteiger partial charge in [0.15, 0.2) is 0 Å². The second-order valence-corrected chi connectivity index (χ2v) is 5.96. The third-order valence-corrected chi connectivity index (χ3v) is 4.31. The number of hydrogen-bond donors (Lipinski definition) is 3. The van der Waals surface area contributed by atoms with Gasteiger partial charge in [-0.3, -0.25) is 0 Å². The minimum atomic E-state index is -3.57. The van der Waals surface area contributed by atoms with E-state index >= 15 is 0 Å². The highest BCUT2D eigenvalue weighted by molar-refractivity contribution is 7.89. The third kappa shape index (κ3) is 3.69. The second kappa shape index (κ2) is 6.17. The number of nitrogens with two attached hydrogens (primary N) is 1. The first-order valence-electron chi connectivity index (χ1n) is 5.92. The lowest BCUT2D eigenvalue weighted by Crippen LogP contribution is -2.33. The summed E-state index contributed by atoms with van der Waals surface area (Å²) in [5.74, 6) is 0. The highest BCUT2D eigenvalue weighted by Gasteiger charge is 2.17. The van der Waals surface area contributed by atoms with Crippen LogP contribution in [0.4, 0.5) is 5.69 Å². The van der Waals surface area contributed by atoms with Crippen molar-refractivity contribution >= 4 is 15.7 Å². The van der Waals surface area contributed by atoms with Crippen LogP contribution in [0.25, 0.3) is 0 Å². The summed E-state index contributed by atoms with van der Waals surface area (Å²) in [5.41, 5.74) is 7.20. The Morgan fingerprint density at radius 3 is 2.61 bits per heavy atom. The molecule has 0 saturated carbocycles. The van der Waals surface area contributed by atoms with Crippen LogP contribution in [-0.4, -0.2) is 26.2 Å². The highest BCUT2D eigenvalue weighted by atomic mass is 32.2. The third-order valence-electron chi connectivity index (χ3n) is 2.73. The number of aliphatic hydroxyl groups excluding tert-OH is 1. The Kier molecular flexibility index (Phi) is 5.13. The van der Waals surface area contributed by atoms with Gasteiger partial charge in [-0.1, -0.05) is 13.0 Å². The van der Waals surface area contributed by atoms with E-state index in [0.717, 1.165) is 12.0 Å². The number of aryl methyl sites for hydroxylation is 1. The summed E-state index contributed by atoms with van der Waals surface area (Å²) in [6, 6.07) is 4.42. The van der Waals surface area contributed by atoms with Gasteiger partial charge in [-0.15, -0.1) is 0 Å². The van der Waals surface area contributed by atoms with Crippen molar-refractivity contribution in [2.75, 3.05) is 12.3 Å². The van der Waals surface area contributed by atoms with E-state index in [2.05, 4.69) is 4.72 Å². The van der Waals surface area contributed by atoms with Crippen molar-refractivity contribution in [3.8, 4) is 0 Å². The van der Waals surface area contributed by atoms with Crippen LogP contribution in [0, 0.1) is 0 Å². The predicted octanol–water partition coefficient (Wildman–Crippen LogP) is 0.880. The lowest BCUT2D eigenvalue weighted by atomic mass is 10.1. The maximum Gasteiger partial charge on any atom is 0.240 e. The van der Waals surface area contributed by atoms with Gasteiger partial charge >= 0.3 is 0 Å². The molecule has 0 spiro atoms. The standard InChI is InChI=1S/C12H20N2O3S/c1-3-10-4-5-11(8-12(10)13)18(16,17)14-9(2)6-7-15/h4-5,8-9,14-15H,3,6-7,13H2,1-2H3. The van der Waals surface area contributed by atoms with Gasteiger partial charge in [0.1, 0.15) is 0 Å². The van der Waals surface area contributed by atoms with E-state index < -0.39 is 10.0 Å². The molecule has 0 heterocycles. The molecule has 4 N–H and O–H groups in total. The molecule has 6 heteroatoms. The number of aliphatic hydroxyl groups is 1. The Morgan fingerprint density at radius 2 is 2.11 bits per heavy atom. The van der Waals surface area contributed by atoms with Crippen LogP contribution in [0.15, 0.2) is 23.1 Å². The van der Waals surface area contributed by atoms with Crippen LogP contribution in [0.2, 0.25) is 0 Å². The Labute approximate surface area is 108 Å². The van der Waals surface area contributed by atoms with Gasteiger partial charge < -0.3 is 10.8 Å². The van der Waals surface area contributed by atoms with E-state index in [1.807, 2.05) is 6.92 Å². The monoisotopic (exact) mass is 272 g/mol. The van der Waals surface area contributed by atoms with Crippen LogP contribution in [0.1, 0.15) is 25.8 Å². The highest BCUT2D eigenvalue weighted by Crippen LogP contribution is 2.18. The summed E-state index contributed by atoms with van der Waals surface area (Å²) < 4.78 is 26.5. The molecular weight excluding hydrogens is 252 g/mol. The zero-order valence-corrected chi connectivity index (χ0v) is 11.5. The molecule has 102 valence electrons. The molecule has 0 fully saturated rings. The number of hydrogen-bond acceptors (Lipinski definition) is 4. The van der Waals surface area contributed by atoms with Crippen molar-refractivity contribution < 1.29 is 13.5 Å². The van der Waals surface area contributed by atoms with Gasteiger partial charge in [-0.05, 0) is 37.5 Å². The maximum atomic E-state index is 12.0. The van der Waals surface area contributed by atoms with Gasteiger partial charge in [0.2, 0.25) is 10.0 Å². The van der Waals surface area contributed by atoms with E-state index in [9.17, 15) is 8.42 Å². The molecule has 0 aliphatic carbocycles. The number of benzene rings is 1. The van der Waals surface area contributed by atoms with E-state index in [1.165, 1.54) is 6.07 Å². The molecule has 1 aromatic rings. The first-order valence-corrected chi connectivity index (χ1v) is 7.40. The molecule has 0 amide bonds. The fourth-order valence-electron chi connectivity index (χ4n) is 1.65. The molecule has 0 aromatic heterocycles. The molecule has 1 unspecified atom stereocenters. The quantitative estimate of drug-likeness (QED) is 0.670. The minimum Gasteiger partial charge on any atom is -0.398 e. The summed E-state index contributed by atoms with van der Waals surface area (Å²) in [6.07, 6.45) is 1.14. The Bertz CT molecular complexity index is 500. The lowest BCUT2D eigenvalue weighted by Gasteiger charge is -2.14. The topological polar surface area (TPSA) is 92.4 Å².